The predicted octanol–water partition coefficient (Wildman–Crippen LogP) is 5.71. The summed E-state index contributed by atoms with van der Waals surface area (Å²) in [4.78, 5) is 32.5. The van der Waals surface area contributed by atoms with E-state index in [1.807, 2.05) is 0 Å². The fraction of sp³-hybridized carbons (Fsp3) is 0.760. The summed E-state index contributed by atoms with van der Waals surface area (Å²) in [6.07, 6.45) is 20.5. The molecule has 0 heterocycles. The van der Waals surface area contributed by atoms with E-state index >= 15 is 0 Å². The van der Waals surface area contributed by atoms with Gasteiger partial charge in [0.15, 0.2) is 0 Å². The topological polar surface area (TPSA) is 68.3 Å². The van der Waals surface area contributed by atoms with Crippen molar-refractivity contribution < 1.29 is 19.2 Å². The van der Waals surface area contributed by atoms with Crippen molar-refractivity contribution in [2.75, 3.05) is 0 Å². The van der Waals surface area contributed by atoms with E-state index in [9.17, 15) is 0 Å². The number of rotatable bonds is 5. The van der Waals surface area contributed by atoms with Crippen molar-refractivity contribution in [1.29, 1.82) is 0 Å². The van der Waals surface area contributed by atoms with Crippen LogP contribution in [0.5, 0.6) is 0 Å². The SMILES string of the molecule is CC(C)CC1CC2C=CC1C2.CCC(C)CC1CC2C=CC1C2.O=C=O.O=C=O. The molecule has 0 aromatic heterocycles. The fourth-order valence-corrected chi connectivity index (χ4v) is 5.62. The minimum absolute atomic E-state index is 0.250. The first-order valence-corrected chi connectivity index (χ1v) is 11.2. The first kappa shape index (κ1) is 25.3. The maximum atomic E-state index is 8.12. The molecule has 162 valence electrons. The van der Waals surface area contributed by atoms with Crippen LogP contribution in [0.15, 0.2) is 24.3 Å². The van der Waals surface area contributed by atoms with E-state index < -0.39 is 0 Å². The number of allylic oxidation sites excluding steroid dienone is 4. The van der Waals surface area contributed by atoms with Crippen molar-refractivity contribution in [3.63, 3.8) is 0 Å². The van der Waals surface area contributed by atoms with Gasteiger partial charge in [0.05, 0.1) is 0 Å². The Labute approximate surface area is 176 Å². The van der Waals surface area contributed by atoms with E-state index in [2.05, 4.69) is 52.0 Å². The van der Waals surface area contributed by atoms with Gasteiger partial charge in [0.25, 0.3) is 0 Å². The van der Waals surface area contributed by atoms with E-state index in [1.165, 1.54) is 44.9 Å². The van der Waals surface area contributed by atoms with E-state index in [0.717, 1.165) is 47.3 Å². The lowest BCUT2D eigenvalue weighted by Crippen LogP contribution is -2.10. The van der Waals surface area contributed by atoms with Crippen LogP contribution in [0.4, 0.5) is 0 Å². The monoisotopic (exact) mass is 402 g/mol. The predicted molar refractivity (Wildman–Crippen MR) is 111 cm³/mol. The molecule has 4 heteroatoms. The quantitative estimate of drug-likeness (QED) is 0.552. The van der Waals surface area contributed by atoms with Crippen LogP contribution in [0.3, 0.4) is 0 Å². The molecule has 0 spiro atoms. The Morgan fingerprint density at radius 1 is 0.724 bits per heavy atom. The standard InChI is InChI=1S/C12H20.C11H18.2CO2/c1-3-9(2)6-12-8-10-4-5-11(12)7-10;1-8(2)5-11-7-9-3-4-10(11)6-9;2*2-1-3/h4-5,9-12H,3,6-8H2,1-2H3;3-4,8-11H,5-7H2,1-2H3;;. The Morgan fingerprint density at radius 3 is 1.41 bits per heavy atom. The molecule has 2 fully saturated rings. The second kappa shape index (κ2) is 13.5. The third-order valence-corrected chi connectivity index (χ3v) is 7.01. The van der Waals surface area contributed by atoms with Gasteiger partial charge in [-0.25, -0.2) is 0 Å². The Bertz CT molecular complexity index is 582. The number of fused-ring (bicyclic) bond motifs is 4. The number of hydrogen-bond acceptors (Lipinski definition) is 4. The fourth-order valence-electron chi connectivity index (χ4n) is 5.62. The first-order valence-electron chi connectivity index (χ1n) is 11.2. The van der Waals surface area contributed by atoms with Crippen LogP contribution in [-0.4, -0.2) is 12.3 Å². The normalized spacial score (nSPS) is 32.9. The zero-order valence-corrected chi connectivity index (χ0v) is 18.5. The van der Waals surface area contributed by atoms with Crippen molar-refractivity contribution >= 4 is 12.3 Å². The van der Waals surface area contributed by atoms with Gasteiger partial charge in [0.2, 0.25) is 0 Å². The smallest absolute Gasteiger partial charge is 0.186 e. The summed E-state index contributed by atoms with van der Waals surface area (Å²) in [5.74, 6) is 7.76. The van der Waals surface area contributed by atoms with Crippen LogP contribution in [0.1, 0.15) is 72.6 Å². The van der Waals surface area contributed by atoms with Crippen LogP contribution in [0.2, 0.25) is 0 Å². The molecule has 0 amide bonds. The molecule has 4 aliphatic rings. The van der Waals surface area contributed by atoms with Crippen LogP contribution >= 0.6 is 0 Å². The summed E-state index contributed by atoms with van der Waals surface area (Å²) in [5.41, 5.74) is 0. The highest BCUT2D eigenvalue weighted by molar-refractivity contribution is 5.20. The molecule has 29 heavy (non-hydrogen) atoms. The lowest BCUT2D eigenvalue weighted by Gasteiger charge is -2.21. The molecule has 0 radical (unpaired) electrons. The Hall–Kier alpha value is -1.76. The van der Waals surface area contributed by atoms with Gasteiger partial charge >= 0.3 is 12.3 Å². The Balaban J connectivity index is 0.000000230. The zero-order valence-electron chi connectivity index (χ0n) is 18.5. The molecule has 4 bridgehead atoms. The van der Waals surface area contributed by atoms with E-state index in [4.69, 9.17) is 19.2 Å². The summed E-state index contributed by atoms with van der Waals surface area (Å²) < 4.78 is 0. The molecular formula is C25H38O4. The van der Waals surface area contributed by atoms with E-state index in [-0.39, 0.29) is 12.3 Å². The highest BCUT2D eigenvalue weighted by Crippen LogP contribution is 2.46. The maximum Gasteiger partial charge on any atom is 0.373 e. The third kappa shape index (κ3) is 8.64. The second-order valence-corrected chi connectivity index (χ2v) is 9.63. The minimum atomic E-state index is 0.250. The Kier molecular flexibility index (Phi) is 11.7. The van der Waals surface area contributed by atoms with Gasteiger partial charge in [-0.15, -0.1) is 0 Å². The van der Waals surface area contributed by atoms with Crippen LogP contribution in [0, 0.1) is 47.3 Å². The van der Waals surface area contributed by atoms with Crippen molar-refractivity contribution in [1.82, 2.24) is 0 Å². The molecule has 0 aliphatic heterocycles. The van der Waals surface area contributed by atoms with Crippen molar-refractivity contribution in [2.24, 2.45) is 47.3 Å². The molecule has 2 saturated carbocycles. The van der Waals surface area contributed by atoms with Crippen LogP contribution in [0.25, 0.3) is 0 Å². The largest absolute Gasteiger partial charge is 0.373 e. The third-order valence-electron chi connectivity index (χ3n) is 7.01. The minimum Gasteiger partial charge on any atom is -0.186 e. The van der Waals surface area contributed by atoms with Gasteiger partial charge in [-0.2, -0.15) is 19.2 Å². The van der Waals surface area contributed by atoms with E-state index in [0.29, 0.717) is 0 Å². The maximum absolute atomic E-state index is 8.12. The lowest BCUT2D eigenvalue weighted by atomic mass is 9.85. The average Bonchev–Trinajstić information content (AvgIpc) is 3.44. The summed E-state index contributed by atoms with van der Waals surface area (Å²) in [7, 11) is 0. The number of hydrogen-bond donors (Lipinski definition) is 0. The summed E-state index contributed by atoms with van der Waals surface area (Å²) in [5, 5.41) is 0. The molecule has 0 saturated heterocycles. The van der Waals surface area contributed by atoms with E-state index in [1.54, 1.807) is 0 Å². The van der Waals surface area contributed by atoms with Crippen molar-refractivity contribution in [2.45, 2.75) is 72.6 Å². The first-order chi connectivity index (χ1) is 13.9. The van der Waals surface area contributed by atoms with Crippen molar-refractivity contribution in [3.8, 4) is 0 Å². The van der Waals surface area contributed by atoms with Gasteiger partial charge in [0.1, 0.15) is 0 Å². The van der Waals surface area contributed by atoms with Gasteiger partial charge in [-0.1, -0.05) is 58.4 Å². The zero-order chi connectivity index (χ0) is 21.8. The molecule has 0 N–H and O–H groups in total. The molecule has 4 aliphatic carbocycles. The summed E-state index contributed by atoms with van der Waals surface area (Å²) in [6, 6.07) is 0. The lowest BCUT2D eigenvalue weighted by molar-refractivity contribution is -0.193. The molecule has 0 aromatic rings. The number of carbonyl (C=O) groups excluding carboxylic acids is 4. The second-order valence-electron chi connectivity index (χ2n) is 9.63. The van der Waals surface area contributed by atoms with Gasteiger partial charge in [-0.3, -0.25) is 0 Å². The van der Waals surface area contributed by atoms with Gasteiger partial charge in [-0.05, 0) is 85.9 Å². The highest BCUT2D eigenvalue weighted by atomic mass is 16.2. The van der Waals surface area contributed by atoms with Gasteiger partial charge < -0.3 is 0 Å². The Morgan fingerprint density at radius 2 is 1.14 bits per heavy atom. The van der Waals surface area contributed by atoms with Gasteiger partial charge in [0, 0.05) is 0 Å². The molecular weight excluding hydrogens is 364 g/mol. The molecule has 4 rings (SSSR count). The summed E-state index contributed by atoms with van der Waals surface area (Å²) >= 11 is 0. The average molecular weight is 403 g/mol. The molecule has 4 nitrogen and oxygen atoms in total. The molecule has 7 unspecified atom stereocenters. The van der Waals surface area contributed by atoms with Crippen LogP contribution in [-0.2, 0) is 19.2 Å². The van der Waals surface area contributed by atoms with Crippen LogP contribution < -0.4 is 0 Å². The van der Waals surface area contributed by atoms with Crippen molar-refractivity contribution in [3.05, 3.63) is 24.3 Å². The molecule has 0 aromatic carbocycles. The summed E-state index contributed by atoms with van der Waals surface area (Å²) in [6.45, 7) is 9.40. The highest BCUT2D eigenvalue weighted by Gasteiger charge is 2.36. The molecule has 7 atom stereocenters.